The van der Waals surface area contributed by atoms with Crippen LogP contribution in [0, 0.1) is 0 Å². The van der Waals surface area contributed by atoms with Crippen molar-refractivity contribution in [3.05, 3.63) is 0 Å². The van der Waals surface area contributed by atoms with Gasteiger partial charge in [-0.05, 0) is 20.8 Å². The van der Waals surface area contributed by atoms with Crippen LogP contribution in [0.5, 0.6) is 0 Å². The molecule has 0 spiro atoms. The van der Waals surface area contributed by atoms with Crippen molar-refractivity contribution < 1.29 is 64.5 Å². The molecule has 3 heterocycles. The third kappa shape index (κ3) is 4.89. The van der Waals surface area contributed by atoms with Gasteiger partial charge in [-0.1, -0.05) is 0 Å². The number of hydrogen-bond donors (Lipinski definition) is 8. The van der Waals surface area contributed by atoms with Gasteiger partial charge in [-0.2, -0.15) is 0 Å². The molecule has 3 saturated heterocycles. The largest absolute Gasteiger partial charge is 0.388 e. The predicted molar refractivity (Wildman–Crippen MR) is 97.0 cm³/mol. The van der Waals surface area contributed by atoms with E-state index in [9.17, 15) is 40.9 Å². The molecule has 0 saturated carbocycles. The van der Waals surface area contributed by atoms with E-state index in [4.69, 9.17) is 23.7 Å². The fourth-order valence-electron chi connectivity index (χ4n) is 3.95. The molecule has 3 aliphatic rings. The van der Waals surface area contributed by atoms with Gasteiger partial charge in [0.15, 0.2) is 18.9 Å². The Bertz CT molecular complexity index is 595. The summed E-state index contributed by atoms with van der Waals surface area (Å²) in [7, 11) is 0. The molecule has 0 aliphatic carbocycles. The molecule has 0 aromatic rings. The van der Waals surface area contributed by atoms with Crippen LogP contribution < -0.4 is 0 Å². The summed E-state index contributed by atoms with van der Waals surface area (Å²) >= 11 is 0. The molecule has 0 aromatic heterocycles. The van der Waals surface area contributed by atoms with Crippen LogP contribution in [-0.4, -0.2) is 133 Å². The maximum Gasteiger partial charge on any atom is 0.187 e. The summed E-state index contributed by atoms with van der Waals surface area (Å²) in [6.07, 6.45) is -20.4. The SMILES string of the molecule is C[C@@H]1O[C@@H](O[C@@H]2[C@@H](O)[C@@H](O)[C@H](O[C@@H]3[C@@H](O)[C@@H](O)C(O)O[C@H]3C)O[C@H]2C)[C@H](O)[C@H](O)[C@H]1O. The molecule has 1 unspecified atom stereocenters. The Morgan fingerprint density at radius 3 is 1.42 bits per heavy atom. The highest BCUT2D eigenvalue weighted by Gasteiger charge is 2.51. The van der Waals surface area contributed by atoms with Crippen LogP contribution in [0.4, 0.5) is 0 Å². The summed E-state index contributed by atoms with van der Waals surface area (Å²) in [5.41, 5.74) is 0. The first-order valence-electron chi connectivity index (χ1n) is 10.2. The summed E-state index contributed by atoms with van der Waals surface area (Å²) in [5, 5.41) is 80.4. The molecule has 8 N–H and O–H groups in total. The fourth-order valence-corrected chi connectivity index (χ4v) is 3.95. The lowest BCUT2D eigenvalue weighted by Crippen LogP contribution is -2.65. The highest BCUT2D eigenvalue weighted by atomic mass is 16.7. The molecule has 13 heteroatoms. The number of hydrogen-bond acceptors (Lipinski definition) is 13. The lowest BCUT2D eigenvalue weighted by molar-refractivity contribution is -0.370. The minimum Gasteiger partial charge on any atom is -0.388 e. The molecule has 3 aliphatic heterocycles. The molecule has 3 fully saturated rings. The zero-order valence-electron chi connectivity index (χ0n) is 17.3. The van der Waals surface area contributed by atoms with E-state index < -0.39 is 92.1 Å². The van der Waals surface area contributed by atoms with Gasteiger partial charge in [-0.15, -0.1) is 0 Å². The van der Waals surface area contributed by atoms with E-state index in [1.54, 1.807) is 0 Å². The first kappa shape index (κ1) is 25.1. The van der Waals surface area contributed by atoms with Crippen LogP contribution in [0.2, 0.25) is 0 Å². The third-order valence-electron chi connectivity index (χ3n) is 5.96. The minimum atomic E-state index is -1.67. The van der Waals surface area contributed by atoms with Gasteiger partial charge < -0.3 is 64.5 Å². The highest BCUT2D eigenvalue weighted by Crippen LogP contribution is 2.31. The van der Waals surface area contributed by atoms with Gasteiger partial charge in [0.05, 0.1) is 18.3 Å². The number of aliphatic hydroxyl groups excluding tert-OH is 8. The second-order valence-electron chi connectivity index (χ2n) is 8.29. The molecule has 0 amide bonds. The van der Waals surface area contributed by atoms with E-state index in [1.165, 1.54) is 20.8 Å². The van der Waals surface area contributed by atoms with Crippen LogP contribution in [0.25, 0.3) is 0 Å². The fraction of sp³-hybridized carbons (Fsp3) is 1.00. The molecule has 0 aromatic carbocycles. The molecule has 0 radical (unpaired) electrons. The minimum absolute atomic E-state index is 0.864. The molecule has 0 bridgehead atoms. The molecule has 15 atom stereocenters. The molecule has 3 rings (SSSR count). The Labute approximate surface area is 178 Å². The van der Waals surface area contributed by atoms with Crippen molar-refractivity contribution in [3.8, 4) is 0 Å². The van der Waals surface area contributed by atoms with Crippen molar-refractivity contribution in [2.24, 2.45) is 0 Å². The maximum atomic E-state index is 10.6. The van der Waals surface area contributed by atoms with Gasteiger partial charge in [0.2, 0.25) is 0 Å². The Hall–Kier alpha value is -0.520. The Balaban J connectivity index is 1.65. The summed E-state index contributed by atoms with van der Waals surface area (Å²) in [6.45, 7) is 4.44. The van der Waals surface area contributed by atoms with Gasteiger partial charge in [-0.25, -0.2) is 0 Å². The second-order valence-corrected chi connectivity index (χ2v) is 8.29. The lowest BCUT2D eigenvalue weighted by Gasteiger charge is -2.47. The molecular formula is C18H32O13. The topological polar surface area (TPSA) is 208 Å². The van der Waals surface area contributed by atoms with Crippen molar-refractivity contribution >= 4 is 0 Å². The van der Waals surface area contributed by atoms with Crippen molar-refractivity contribution in [2.75, 3.05) is 0 Å². The standard InChI is InChI=1S/C18H32O13/c1-4-7(19)8(20)12(24)17(28-4)31-15-6(3)29-18(13(25)10(15)22)30-14-5(2)27-16(26)11(23)9(14)21/h4-26H,1-3H3/t4-,5-,6-,7-,8+,9-,10-,11+,12+,13+,14-,15-,16?,17-,18-/m0/s1. The normalized spacial score (nSPS) is 56.4. The number of aliphatic hydroxyl groups is 8. The van der Waals surface area contributed by atoms with E-state index >= 15 is 0 Å². The van der Waals surface area contributed by atoms with Gasteiger partial charge in [0.1, 0.15) is 54.9 Å². The van der Waals surface area contributed by atoms with Crippen LogP contribution in [0.1, 0.15) is 20.8 Å². The van der Waals surface area contributed by atoms with Crippen LogP contribution >= 0.6 is 0 Å². The average Bonchev–Trinajstić information content (AvgIpc) is 2.72. The monoisotopic (exact) mass is 456 g/mol. The zero-order valence-corrected chi connectivity index (χ0v) is 17.3. The summed E-state index contributed by atoms with van der Waals surface area (Å²) in [4.78, 5) is 0. The van der Waals surface area contributed by atoms with E-state index in [2.05, 4.69) is 0 Å². The van der Waals surface area contributed by atoms with E-state index in [0.717, 1.165) is 0 Å². The highest BCUT2D eigenvalue weighted by molar-refractivity contribution is 4.94. The Kier molecular flexibility index (Phi) is 7.91. The first-order valence-corrected chi connectivity index (χ1v) is 10.2. The van der Waals surface area contributed by atoms with Crippen LogP contribution in [0.3, 0.4) is 0 Å². The molecule has 31 heavy (non-hydrogen) atoms. The lowest BCUT2D eigenvalue weighted by atomic mass is 9.96. The van der Waals surface area contributed by atoms with Crippen molar-refractivity contribution in [2.45, 2.75) is 113 Å². The summed E-state index contributed by atoms with van der Waals surface area (Å²) in [5.74, 6) is 0. The van der Waals surface area contributed by atoms with Gasteiger partial charge in [0, 0.05) is 0 Å². The third-order valence-corrected chi connectivity index (χ3v) is 5.96. The quantitative estimate of drug-likeness (QED) is 0.201. The van der Waals surface area contributed by atoms with Crippen molar-refractivity contribution in [3.63, 3.8) is 0 Å². The van der Waals surface area contributed by atoms with Crippen LogP contribution in [0.15, 0.2) is 0 Å². The second kappa shape index (κ2) is 9.77. The molecular weight excluding hydrogens is 424 g/mol. The van der Waals surface area contributed by atoms with Crippen molar-refractivity contribution in [1.82, 2.24) is 0 Å². The first-order chi connectivity index (χ1) is 14.4. The maximum absolute atomic E-state index is 10.6. The van der Waals surface area contributed by atoms with E-state index in [-0.39, 0.29) is 0 Å². The number of ether oxygens (including phenoxy) is 5. The van der Waals surface area contributed by atoms with E-state index in [1.807, 2.05) is 0 Å². The van der Waals surface area contributed by atoms with Crippen molar-refractivity contribution in [1.29, 1.82) is 0 Å². The van der Waals surface area contributed by atoms with Gasteiger partial charge in [-0.3, -0.25) is 0 Å². The average molecular weight is 456 g/mol. The number of rotatable bonds is 4. The van der Waals surface area contributed by atoms with E-state index in [0.29, 0.717) is 0 Å². The summed E-state index contributed by atoms with van der Waals surface area (Å²) in [6, 6.07) is 0. The van der Waals surface area contributed by atoms with Crippen LogP contribution in [-0.2, 0) is 23.7 Å². The summed E-state index contributed by atoms with van der Waals surface area (Å²) < 4.78 is 27.1. The Morgan fingerprint density at radius 1 is 0.452 bits per heavy atom. The molecule has 182 valence electrons. The van der Waals surface area contributed by atoms with Gasteiger partial charge in [0.25, 0.3) is 0 Å². The molecule has 13 nitrogen and oxygen atoms in total. The van der Waals surface area contributed by atoms with Gasteiger partial charge >= 0.3 is 0 Å². The predicted octanol–water partition coefficient (Wildman–Crippen LogP) is -4.49. The zero-order chi connectivity index (χ0) is 23.2. The Morgan fingerprint density at radius 2 is 0.871 bits per heavy atom. The smallest absolute Gasteiger partial charge is 0.187 e.